The zero-order valence-corrected chi connectivity index (χ0v) is 13.4. The summed E-state index contributed by atoms with van der Waals surface area (Å²) >= 11 is 0.556. The molecule has 24 heavy (non-hydrogen) atoms. The minimum absolute atomic E-state index is 0.0824. The smallest absolute Gasteiger partial charge is 0.364 e. The number of nitrogens with two attached hydrogens (primary N) is 1. The van der Waals surface area contributed by atoms with E-state index in [9.17, 15) is 22.0 Å². The molecule has 8 heteroatoms. The fraction of sp³-hybridized carbons (Fsp3) is 0.250. The minimum atomic E-state index is -4.33. The van der Waals surface area contributed by atoms with Crippen LogP contribution < -0.4 is 11.1 Å². The number of hydrogen-bond donors (Lipinski definition) is 2. The van der Waals surface area contributed by atoms with Crippen molar-refractivity contribution >= 4 is 17.4 Å². The van der Waals surface area contributed by atoms with Crippen LogP contribution in [0.5, 0.6) is 0 Å². The Labute approximate surface area is 140 Å². The van der Waals surface area contributed by atoms with Crippen LogP contribution in [-0.4, -0.2) is 11.9 Å². The predicted octanol–water partition coefficient (Wildman–Crippen LogP) is 5.00. The van der Waals surface area contributed by atoms with Gasteiger partial charge in [-0.3, -0.25) is 0 Å². The number of aryl methyl sites for hydroxylation is 1. The number of halogens is 5. The third-order valence-electron chi connectivity index (χ3n) is 3.21. The fourth-order valence-electron chi connectivity index (χ4n) is 2.05. The summed E-state index contributed by atoms with van der Waals surface area (Å²) in [5.41, 5.74) is 6.25. The first-order valence-corrected chi connectivity index (χ1v) is 7.92. The molecular weight excluding hydrogens is 347 g/mol. The molecule has 2 rings (SSSR count). The lowest BCUT2D eigenvalue weighted by Gasteiger charge is -2.18. The highest BCUT2D eigenvalue weighted by Crippen LogP contribution is 2.33. The van der Waals surface area contributed by atoms with E-state index in [2.05, 4.69) is 5.32 Å². The maximum absolute atomic E-state index is 14.0. The second kappa shape index (κ2) is 7.40. The van der Waals surface area contributed by atoms with Gasteiger partial charge in [0, 0.05) is 10.5 Å². The van der Waals surface area contributed by atoms with E-state index in [0.717, 1.165) is 6.07 Å². The van der Waals surface area contributed by atoms with Gasteiger partial charge < -0.3 is 11.1 Å². The summed E-state index contributed by atoms with van der Waals surface area (Å²) in [6.07, 6.45) is -5.37. The molecule has 2 aromatic carbocycles. The summed E-state index contributed by atoms with van der Waals surface area (Å²) in [5.74, 6) is -2.31. The van der Waals surface area contributed by atoms with Gasteiger partial charge in [0.05, 0.1) is 11.4 Å². The highest BCUT2D eigenvalue weighted by molar-refractivity contribution is 7.99. The van der Waals surface area contributed by atoms with Crippen molar-refractivity contribution in [2.75, 3.05) is 11.1 Å². The van der Waals surface area contributed by atoms with Crippen LogP contribution in [0, 0.1) is 18.6 Å². The van der Waals surface area contributed by atoms with Gasteiger partial charge in [0.15, 0.2) is 0 Å². The minimum Gasteiger partial charge on any atom is -0.364 e. The van der Waals surface area contributed by atoms with Gasteiger partial charge in [0.2, 0.25) is 0 Å². The third kappa shape index (κ3) is 4.85. The lowest BCUT2D eigenvalue weighted by atomic mass is 10.1. The molecular formula is C16H15F5N2S. The Bertz CT molecular complexity index is 718. The molecule has 3 N–H and O–H groups in total. The zero-order valence-electron chi connectivity index (χ0n) is 12.6. The van der Waals surface area contributed by atoms with Crippen molar-refractivity contribution in [1.82, 2.24) is 0 Å². The first-order chi connectivity index (χ1) is 11.2. The molecule has 0 fully saturated rings. The summed E-state index contributed by atoms with van der Waals surface area (Å²) in [7, 11) is 0. The van der Waals surface area contributed by atoms with Gasteiger partial charge in [0.1, 0.15) is 17.8 Å². The molecule has 0 heterocycles. The van der Waals surface area contributed by atoms with Gasteiger partial charge in [-0.15, -0.1) is 11.8 Å². The first kappa shape index (κ1) is 18.5. The van der Waals surface area contributed by atoms with Crippen LogP contribution in [-0.2, 0) is 0 Å². The summed E-state index contributed by atoms with van der Waals surface area (Å²) in [4.78, 5) is 0.275. The molecule has 0 aromatic heterocycles. The van der Waals surface area contributed by atoms with E-state index in [0.29, 0.717) is 17.3 Å². The molecule has 2 nitrogen and oxygen atoms in total. The average Bonchev–Trinajstić information content (AvgIpc) is 2.48. The number of nitrogens with one attached hydrogen (secondary N) is 1. The molecule has 0 amide bonds. The fourth-order valence-corrected chi connectivity index (χ4v) is 2.86. The highest BCUT2D eigenvalue weighted by atomic mass is 32.2. The largest absolute Gasteiger partial charge is 0.398 e. The van der Waals surface area contributed by atoms with E-state index in [4.69, 9.17) is 5.73 Å². The van der Waals surface area contributed by atoms with E-state index in [1.54, 1.807) is 6.07 Å². The number of rotatable bonds is 5. The Kier molecular flexibility index (Phi) is 5.71. The Morgan fingerprint density at radius 2 is 1.79 bits per heavy atom. The van der Waals surface area contributed by atoms with Crippen molar-refractivity contribution in [2.24, 2.45) is 5.73 Å². The molecule has 0 aliphatic carbocycles. The zero-order chi connectivity index (χ0) is 17.9. The molecule has 0 saturated heterocycles. The second-order valence-corrected chi connectivity index (χ2v) is 6.16. The lowest BCUT2D eigenvalue weighted by Crippen LogP contribution is -2.22. The number of anilines is 1. The van der Waals surface area contributed by atoms with Crippen molar-refractivity contribution in [1.29, 1.82) is 0 Å². The van der Waals surface area contributed by atoms with Crippen LogP contribution in [0.15, 0.2) is 41.3 Å². The summed E-state index contributed by atoms with van der Waals surface area (Å²) in [5, 5.41) is 2.60. The van der Waals surface area contributed by atoms with Crippen molar-refractivity contribution in [3.8, 4) is 0 Å². The van der Waals surface area contributed by atoms with Crippen LogP contribution in [0.25, 0.3) is 0 Å². The first-order valence-electron chi connectivity index (χ1n) is 6.93. The molecule has 1 atom stereocenters. The summed E-state index contributed by atoms with van der Waals surface area (Å²) in [6, 6.07) is 8.10. The van der Waals surface area contributed by atoms with Crippen molar-refractivity contribution in [2.45, 2.75) is 24.2 Å². The van der Waals surface area contributed by atoms with Crippen LogP contribution in [0.2, 0.25) is 0 Å². The topological polar surface area (TPSA) is 38.0 Å². The van der Waals surface area contributed by atoms with Gasteiger partial charge in [-0.2, -0.15) is 13.2 Å². The van der Waals surface area contributed by atoms with E-state index < -0.39 is 29.7 Å². The second-order valence-electron chi connectivity index (χ2n) is 5.14. The van der Waals surface area contributed by atoms with Crippen molar-refractivity contribution < 1.29 is 22.0 Å². The van der Waals surface area contributed by atoms with Crippen LogP contribution in [0.3, 0.4) is 0 Å². The standard InChI is InChI=1S/C16H15F5N2S/c1-9-6-12(18)13(7-14(9)24-8-16(19,20)21)23-15(22)10-4-2-3-5-11(10)17/h2-7,15,23H,8,22H2,1H3. The Morgan fingerprint density at radius 1 is 1.12 bits per heavy atom. The maximum atomic E-state index is 14.0. The third-order valence-corrected chi connectivity index (χ3v) is 4.43. The van der Waals surface area contributed by atoms with Gasteiger partial charge in [0.25, 0.3) is 0 Å². The highest BCUT2D eigenvalue weighted by Gasteiger charge is 2.27. The van der Waals surface area contributed by atoms with Gasteiger partial charge in [-0.25, -0.2) is 8.78 Å². The molecule has 0 aliphatic heterocycles. The van der Waals surface area contributed by atoms with E-state index >= 15 is 0 Å². The molecule has 0 spiro atoms. The molecule has 1 unspecified atom stereocenters. The van der Waals surface area contributed by atoms with Gasteiger partial charge in [-0.1, -0.05) is 18.2 Å². The van der Waals surface area contributed by atoms with E-state index in [1.807, 2.05) is 0 Å². The lowest BCUT2D eigenvalue weighted by molar-refractivity contribution is -0.105. The van der Waals surface area contributed by atoms with Crippen LogP contribution >= 0.6 is 11.8 Å². The van der Waals surface area contributed by atoms with E-state index in [-0.39, 0.29) is 16.1 Å². The molecule has 2 aromatic rings. The van der Waals surface area contributed by atoms with Gasteiger partial charge in [-0.05, 0) is 30.7 Å². The summed E-state index contributed by atoms with van der Waals surface area (Å²) < 4.78 is 64.8. The van der Waals surface area contributed by atoms with Crippen LogP contribution in [0.4, 0.5) is 27.6 Å². The van der Waals surface area contributed by atoms with Crippen molar-refractivity contribution in [3.05, 3.63) is 59.2 Å². The molecule has 0 aliphatic rings. The quantitative estimate of drug-likeness (QED) is 0.447. The molecule has 0 radical (unpaired) electrons. The SMILES string of the molecule is Cc1cc(F)c(NC(N)c2ccccc2F)cc1SCC(F)(F)F. The molecule has 0 saturated carbocycles. The maximum Gasteiger partial charge on any atom is 0.398 e. The van der Waals surface area contributed by atoms with Gasteiger partial charge >= 0.3 is 6.18 Å². The Hall–Kier alpha value is -1.80. The number of hydrogen-bond acceptors (Lipinski definition) is 3. The monoisotopic (exact) mass is 362 g/mol. The molecule has 130 valence electrons. The normalized spacial score (nSPS) is 13.0. The number of thioether (sulfide) groups is 1. The molecule has 0 bridgehead atoms. The average molecular weight is 362 g/mol. The number of alkyl halides is 3. The predicted molar refractivity (Wildman–Crippen MR) is 84.9 cm³/mol. The van der Waals surface area contributed by atoms with E-state index in [1.165, 1.54) is 31.2 Å². The van der Waals surface area contributed by atoms with Crippen molar-refractivity contribution in [3.63, 3.8) is 0 Å². The summed E-state index contributed by atoms with van der Waals surface area (Å²) in [6.45, 7) is 1.52. The Balaban J connectivity index is 2.22. The number of benzene rings is 2. The van der Waals surface area contributed by atoms with Crippen LogP contribution in [0.1, 0.15) is 17.3 Å². The Morgan fingerprint density at radius 3 is 2.42 bits per heavy atom.